The molecule has 2 unspecified atom stereocenters. The van der Waals surface area contributed by atoms with Gasteiger partial charge in [0.05, 0.1) is 16.8 Å². The van der Waals surface area contributed by atoms with E-state index in [-0.39, 0.29) is 39.0 Å². The van der Waals surface area contributed by atoms with Crippen molar-refractivity contribution >= 4 is 21.8 Å². The van der Waals surface area contributed by atoms with E-state index in [9.17, 15) is 21.6 Å². The molecule has 1 aliphatic carbocycles. The van der Waals surface area contributed by atoms with Crippen molar-refractivity contribution in [3.05, 3.63) is 41.9 Å². The third-order valence-electron chi connectivity index (χ3n) is 5.17. The summed E-state index contributed by atoms with van der Waals surface area (Å²) < 4.78 is 70.4. The molecule has 166 valence electrons. The van der Waals surface area contributed by atoms with E-state index in [0.29, 0.717) is 17.6 Å². The minimum Gasteiger partial charge on any atom is -0.426 e. The van der Waals surface area contributed by atoms with Gasteiger partial charge in [-0.1, -0.05) is 42.9 Å². The molecule has 2 heterocycles. The summed E-state index contributed by atoms with van der Waals surface area (Å²) >= 11 is 0.424. The summed E-state index contributed by atoms with van der Waals surface area (Å²) in [6.45, 7) is 4.04. The van der Waals surface area contributed by atoms with Crippen LogP contribution < -0.4 is 5.14 Å². The highest BCUT2D eigenvalue weighted by molar-refractivity contribution is 7.99. The van der Waals surface area contributed by atoms with Crippen LogP contribution in [0.15, 0.2) is 49.5 Å². The molecule has 0 aliphatic heterocycles. The molecule has 1 fully saturated rings. The Morgan fingerprint density at radius 2 is 1.87 bits per heavy atom. The highest BCUT2D eigenvalue weighted by Gasteiger charge is 2.61. The van der Waals surface area contributed by atoms with E-state index in [1.165, 1.54) is 18.3 Å². The normalized spacial score (nSPS) is 20.7. The van der Waals surface area contributed by atoms with Gasteiger partial charge in [0.15, 0.2) is 5.82 Å². The molecular weight excluding hydrogens is 457 g/mol. The molecule has 1 saturated carbocycles. The van der Waals surface area contributed by atoms with E-state index in [1.54, 1.807) is 12.1 Å². The maximum Gasteiger partial charge on any atom is 0.398 e. The molecule has 4 rings (SSSR count). The van der Waals surface area contributed by atoms with Gasteiger partial charge in [-0.3, -0.25) is 0 Å². The molecule has 1 aromatic carbocycles. The summed E-state index contributed by atoms with van der Waals surface area (Å²) in [4.78, 5) is 8.15. The van der Waals surface area contributed by atoms with Crippen LogP contribution in [0.2, 0.25) is 0 Å². The number of aromatic nitrogens is 3. The largest absolute Gasteiger partial charge is 0.426 e. The topological polar surface area (TPSA) is 125 Å². The van der Waals surface area contributed by atoms with E-state index < -0.39 is 22.0 Å². The molecule has 2 N–H and O–H groups in total. The summed E-state index contributed by atoms with van der Waals surface area (Å²) in [5.41, 5.74) is 0.679. The molecule has 0 bridgehead atoms. The molecule has 13 heteroatoms. The zero-order chi connectivity index (χ0) is 22.6. The number of nitrogens with zero attached hydrogens (tertiary/aromatic N) is 3. The third kappa shape index (κ3) is 4.48. The van der Waals surface area contributed by atoms with E-state index in [1.807, 2.05) is 13.8 Å². The van der Waals surface area contributed by atoms with Gasteiger partial charge >= 0.3 is 6.18 Å². The van der Waals surface area contributed by atoms with Gasteiger partial charge in [-0.2, -0.15) is 18.2 Å². The highest BCUT2D eigenvalue weighted by Crippen LogP contribution is 2.69. The predicted molar refractivity (Wildman–Crippen MR) is 104 cm³/mol. The van der Waals surface area contributed by atoms with Crippen LogP contribution in [-0.2, 0) is 10.0 Å². The molecule has 8 nitrogen and oxygen atoms in total. The van der Waals surface area contributed by atoms with Gasteiger partial charge in [-0.25, -0.2) is 18.5 Å². The highest BCUT2D eigenvalue weighted by atomic mass is 32.2. The molecule has 0 radical (unpaired) electrons. The third-order valence-corrected chi connectivity index (χ3v) is 7.01. The molecule has 0 amide bonds. The molecule has 2 atom stereocenters. The van der Waals surface area contributed by atoms with Crippen molar-refractivity contribution in [1.29, 1.82) is 0 Å². The summed E-state index contributed by atoms with van der Waals surface area (Å²) in [6.07, 6.45) is -3.10. The number of halogens is 3. The lowest BCUT2D eigenvalue weighted by atomic mass is 10.0. The van der Waals surface area contributed by atoms with E-state index in [0.717, 1.165) is 5.56 Å². The number of nitrogens with two attached hydrogens (primary N) is 1. The van der Waals surface area contributed by atoms with Gasteiger partial charge < -0.3 is 8.94 Å². The van der Waals surface area contributed by atoms with Crippen molar-refractivity contribution in [2.75, 3.05) is 5.75 Å². The summed E-state index contributed by atoms with van der Waals surface area (Å²) in [6, 6.07) is 6.31. The first-order valence-corrected chi connectivity index (χ1v) is 11.5. The van der Waals surface area contributed by atoms with E-state index in [2.05, 4.69) is 15.1 Å². The van der Waals surface area contributed by atoms with Gasteiger partial charge in [0.25, 0.3) is 11.1 Å². The Balaban J connectivity index is 1.51. The molecule has 0 spiro atoms. The first-order chi connectivity index (χ1) is 14.4. The van der Waals surface area contributed by atoms with Crippen molar-refractivity contribution in [2.24, 2.45) is 10.6 Å². The number of alkyl halides is 3. The second-order valence-electron chi connectivity index (χ2n) is 7.74. The maximum absolute atomic E-state index is 12.3. The number of rotatable bonds is 6. The smallest absolute Gasteiger partial charge is 0.398 e. The molecule has 1 aliphatic rings. The van der Waals surface area contributed by atoms with Crippen LogP contribution in [0.5, 0.6) is 0 Å². The second kappa shape index (κ2) is 7.35. The Morgan fingerprint density at radius 1 is 1.19 bits per heavy atom. The Morgan fingerprint density at radius 3 is 2.48 bits per heavy atom. The fraction of sp³-hybridized carbons (Fsp3) is 0.389. The van der Waals surface area contributed by atoms with Crippen LogP contribution in [0.25, 0.3) is 11.7 Å². The van der Waals surface area contributed by atoms with Crippen molar-refractivity contribution in [3.63, 3.8) is 0 Å². The van der Waals surface area contributed by atoms with Crippen LogP contribution >= 0.6 is 11.8 Å². The summed E-state index contributed by atoms with van der Waals surface area (Å²) in [5.74, 6) is -0.693. The standard InChI is InChI=1S/C18H17F3N4O4S2/c1-17(2)12(9-3-5-10(6-4-9)31(22,26)27)13(17)14-24-15(29-25-14)11-7-23-16(28-11)30-8-18(19,20)21/h3-7,12-13H,8H2,1-2H3,(H2,22,26,27). The first-order valence-electron chi connectivity index (χ1n) is 8.98. The quantitative estimate of drug-likeness (QED) is 0.533. The van der Waals surface area contributed by atoms with Crippen molar-refractivity contribution in [2.45, 2.75) is 42.0 Å². The minimum atomic E-state index is -4.34. The van der Waals surface area contributed by atoms with Gasteiger partial charge in [0.2, 0.25) is 15.8 Å². The SMILES string of the molecule is CC1(C)C(c2ccc(S(N)(=O)=O)cc2)C1c1noc(-c2cnc(SCC(F)(F)F)o2)n1. The summed E-state index contributed by atoms with van der Waals surface area (Å²) in [5, 5.41) is 8.99. The van der Waals surface area contributed by atoms with E-state index >= 15 is 0 Å². The number of sulfonamides is 1. The number of hydrogen-bond acceptors (Lipinski definition) is 8. The van der Waals surface area contributed by atoms with Crippen LogP contribution in [0.1, 0.15) is 37.1 Å². The van der Waals surface area contributed by atoms with Crippen LogP contribution in [0.3, 0.4) is 0 Å². The fourth-order valence-corrected chi connectivity index (χ4v) is 4.71. The lowest BCUT2D eigenvalue weighted by molar-refractivity contribution is -0.105. The van der Waals surface area contributed by atoms with Crippen molar-refractivity contribution in [1.82, 2.24) is 15.1 Å². The fourth-order valence-electron chi connectivity index (χ4n) is 3.64. The predicted octanol–water partition coefficient (Wildman–Crippen LogP) is 3.93. The average molecular weight is 474 g/mol. The Hall–Kier alpha value is -2.38. The molecule has 0 saturated heterocycles. The number of oxazole rings is 1. The van der Waals surface area contributed by atoms with Crippen molar-refractivity contribution < 1.29 is 30.5 Å². The van der Waals surface area contributed by atoms with Gasteiger partial charge in [0, 0.05) is 11.8 Å². The Labute approximate surface area is 179 Å². The first kappa shape index (κ1) is 21.8. The van der Waals surface area contributed by atoms with E-state index in [4.69, 9.17) is 14.1 Å². The maximum atomic E-state index is 12.3. The average Bonchev–Trinajstić information content (AvgIpc) is 3.08. The number of hydrogen-bond donors (Lipinski definition) is 1. The zero-order valence-electron chi connectivity index (χ0n) is 16.3. The number of primary sulfonamides is 1. The Bertz CT molecular complexity index is 1200. The number of benzene rings is 1. The molecule has 2 aromatic heterocycles. The van der Waals surface area contributed by atoms with Gasteiger partial charge in [0.1, 0.15) is 0 Å². The molecule has 31 heavy (non-hydrogen) atoms. The second-order valence-corrected chi connectivity index (χ2v) is 10.2. The summed E-state index contributed by atoms with van der Waals surface area (Å²) in [7, 11) is -3.78. The minimum absolute atomic E-state index is 0.0140. The van der Waals surface area contributed by atoms with Gasteiger partial charge in [-0.15, -0.1) is 0 Å². The van der Waals surface area contributed by atoms with Crippen molar-refractivity contribution in [3.8, 4) is 11.7 Å². The van der Waals surface area contributed by atoms with Gasteiger partial charge in [-0.05, 0) is 23.1 Å². The lowest BCUT2D eigenvalue weighted by Gasteiger charge is -2.04. The lowest BCUT2D eigenvalue weighted by Crippen LogP contribution is -2.11. The Kier molecular flexibility index (Phi) is 5.17. The van der Waals surface area contributed by atoms with Crippen LogP contribution in [0.4, 0.5) is 13.2 Å². The molecule has 3 aromatic rings. The number of thioether (sulfide) groups is 1. The van der Waals surface area contributed by atoms with Crippen LogP contribution in [-0.4, -0.2) is 35.5 Å². The zero-order valence-corrected chi connectivity index (χ0v) is 17.9. The monoisotopic (exact) mass is 474 g/mol. The molecular formula is C18H17F3N4O4S2. The van der Waals surface area contributed by atoms with Crippen LogP contribution in [0, 0.1) is 5.41 Å².